The fourth-order valence-corrected chi connectivity index (χ4v) is 4.02. The minimum absolute atomic E-state index is 0.232. The monoisotopic (exact) mass is 459 g/mol. The molecule has 0 aliphatic carbocycles. The van der Waals surface area contributed by atoms with E-state index in [0.717, 1.165) is 12.1 Å². The van der Waals surface area contributed by atoms with Crippen molar-refractivity contribution in [3.05, 3.63) is 89.7 Å². The van der Waals surface area contributed by atoms with E-state index < -0.39 is 17.6 Å². The molecule has 9 heteroatoms. The Bertz CT molecular complexity index is 1220. The summed E-state index contributed by atoms with van der Waals surface area (Å²) in [4.78, 5) is 0. The molecule has 4 nitrogen and oxygen atoms in total. The Kier molecular flexibility index (Phi) is 6.18. The molecule has 164 valence electrons. The first kappa shape index (κ1) is 21.9. The summed E-state index contributed by atoms with van der Waals surface area (Å²) < 4.78 is 60.5. The number of rotatable bonds is 6. The molecule has 0 aliphatic heterocycles. The second-order valence-corrected chi connectivity index (χ2v) is 7.75. The summed E-state index contributed by atoms with van der Waals surface area (Å²) in [5.41, 5.74) is 0.711. The summed E-state index contributed by atoms with van der Waals surface area (Å²) in [5, 5.41) is 8.79. The number of hydrogen-bond donors (Lipinski definition) is 0. The minimum atomic E-state index is -4.41. The van der Waals surface area contributed by atoms with E-state index in [0.29, 0.717) is 28.0 Å². The van der Waals surface area contributed by atoms with Gasteiger partial charge >= 0.3 is 6.18 Å². The largest absolute Gasteiger partial charge is 0.497 e. The van der Waals surface area contributed by atoms with Gasteiger partial charge in [0.1, 0.15) is 11.6 Å². The van der Waals surface area contributed by atoms with E-state index in [4.69, 9.17) is 4.74 Å². The van der Waals surface area contributed by atoms with Crippen molar-refractivity contribution in [3.63, 3.8) is 0 Å². The molecule has 32 heavy (non-hydrogen) atoms. The van der Waals surface area contributed by atoms with Crippen molar-refractivity contribution in [1.29, 1.82) is 0 Å². The third-order valence-electron chi connectivity index (χ3n) is 4.70. The molecule has 0 atom stereocenters. The number of nitrogens with zero attached hydrogens (tertiary/aromatic N) is 3. The Balaban J connectivity index is 1.72. The SMILES string of the molecule is COc1ccc(-n2c(SCc3cccc(C(F)(F)F)c3)nnc2-c2ccccc2F)cc1. The standard InChI is InChI=1S/C23H17F4N3OS/c1-31-18-11-9-17(10-12-18)30-21(19-7-2-3-8-20(19)24)28-29-22(30)32-14-15-5-4-6-16(13-15)23(25,26)27/h2-13H,14H2,1H3. The summed E-state index contributed by atoms with van der Waals surface area (Å²) in [6, 6.07) is 18.4. The molecule has 1 aromatic heterocycles. The maximum Gasteiger partial charge on any atom is 0.416 e. The molecule has 1 heterocycles. The molecule has 3 aromatic carbocycles. The highest BCUT2D eigenvalue weighted by Crippen LogP contribution is 2.33. The van der Waals surface area contributed by atoms with Crippen molar-refractivity contribution in [2.45, 2.75) is 17.1 Å². The van der Waals surface area contributed by atoms with Crippen LogP contribution >= 0.6 is 11.8 Å². The summed E-state index contributed by atoms with van der Waals surface area (Å²) in [5.74, 6) is 0.714. The highest BCUT2D eigenvalue weighted by Gasteiger charge is 2.30. The lowest BCUT2D eigenvalue weighted by atomic mass is 10.1. The van der Waals surface area contributed by atoms with Gasteiger partial charge in [-0.2, -0.15) is 13.2 Å². The Morgan fingerprint density at radius 3 is 2.38 bits per heavy atom. The zero-order valence-corrected chi connectivity index (χ0v) is 17.6. The van der Waals surface area contributed by atoms with Crippen LogP contribution < -0.4 is 4.74 Å². The van der Waals surface area contributed by atoms with E-state index in [2.05, 4.69) is 10.2 Å². The number of thioether (sulfide) groups is 1. The van der Waals surface area contributed by atoms with Crippen molar-refractivity contribution in [2.24, 2.45) is 0 Å². The molecule has 0 radical (unpaired) electrons. The molecule has 0 aliphatic rings. The molecular weight excluding hydrogens is 442 g/mol. The van der Waals surface area contributed by atoms with Crippen LogP contribution in [0.25, 0.3) is 17.1 Å². The van der Waals surface area contributed by atoms with E-state index in [1.54, 1.807) is 60.2 Å². The van der Waals surface area contributed by atoms with Crippen molar-refractivity contribution in [1.82, 2.24) is 14.8 Å². The summed E-state index contributed by atoms with van der Waals surface area (Å²) in [7, 11) is 1.55. The topological polar surface area (TPSA) is 39.9 Å². The Hall–Kier alpha value is -3.33. The number of alkyl halides is 3. The Labute approximate surface area is 185 Å². The average Bonchev–Trinajstić information content (AvgIpc) is 3.21. The molecule has 4 rings (SSSR count). The predicted molar refractivity (Wildman–Crippen MR) is 114 cm³/mol. The lowest BCUT2D eigenvalue weighted by Gasteiger charge is -2.12. The van der Waals surface area contributed by atoms with E-state index in [1.807, 2.05) is 0 Å². The van der Waals surface area contributed by atoms with Gasteiger partial charge in [0, 0.05) is 5.75 Å². The van der Waals surface area contributed by atoms with Crippen molar-refractivity contribution >= 4 is 11.8 Å². The van der Waals surface area contributed by atoms with E-state index in [9.17, 15) is 17.6 Å². The fourth-order valence-electron chi connectivity index (χ4n) is 3.13. The number of aromatic nitrogens is 3. The van der Waals surface area contributed by atoms with Crippen molar-refractivity contribution in [3.8, 4) is 22.8 Å². The molecule has 0 amide bonds. The molecule has 0 bridgehead atoms. The van der Waals surface area contributed by atoms with Gasteiger partial charge in [-0.1, -0.05) is 42.1 Å². The Morgan fingerprint density at radius 1 is 0.938 bits per heavy atom. The Morgan fingerprint density at radius 2 is 1.69 bits per heavy atom. The smallest absolute Gasteiger partial charge is 0.416 e. The van der Waals surface area contributed by atoms with Crippen molar-refractivity contribution in [2.75, 3.05) is 7.11 Å². The summed E-state index contributed by atoms with van der Waals surface area (Å²) >= 11 is 1.21. The number of halogens is 4. The van der Waals surface area contributed by atoms with Gasteiger partial charge in [0.25, 0.3) is 0 Å². The van der Waals surface area contributed by atoms with Gasteiger partial charge in [-0.25, -0.2) is 4.39 Å². The summed E-state index contributed by atoms with van der Waals surface area (Å²) in [6.07, 6.45) is -4.41. The molecule has 4 aromatic rings. The zero-order chi connectivity index (χ0) is 22.7. The molecule has 0 spiro atoms. The number of ether oxygens (including phenoxy) is 1. The third-order valence-corrected chi connectivity index (χ3v) is 5.70. The third kappa shape index (κ3) is 4.62. The van der Waals surface area contributed by atoms with Crippen LogP contribution in [-0.4, -0.2) is 21.9 Å². The maximum atomic E-state index is 14.5. The lowest BCUT2D eigenvalue weighted by Crippen LogP contribution is -2.05. The van der Waals surface area contributed by atoms with Gasteiger partial charge in [0.2, 0.25) is 0 Å². The highest BCUT2D eigenvalue weighted by atomic mass is 32.2. The molecule has 0 unspecified atom stereocenters. The van der Waals surface area contributed by atoms with Crippen LogP contribution in [0.3, 0.4) is 0 Å². The summed E-state index contributed by atoms with van der Waals surface area (Å²) in [6.45, 7) is 0. The second kappa shape index (κ2) is 9.04. The molecule has 0 fully saturated rings. The second-order valence-electron chi connectivity index (χ2n) is 6.81. The van der Waals surface area contributed by atoms with Crippen LogP contribution in [0.15, 0.2) is 78.0 Å². The van der Waals surface area contributed by atoms with Crippen molar-refractivity contribution < 1.29 is 22.3 Å². The van der Waals surface area contributed by atoms with Gasteiger partial charge in [0.05, 0.1) is 23.9 Å². The average molecular weight is 459 g/mol. The number of hydrogen-bond acceptors (Lipinski definition) is 4. The highest BCUT2D eigenvalue weighted by molar-refractivity contribution is 7.98. The van der Waals surface area contributed by atoms with Gasteiger partial charge in [-0.05, 0) is 48.0 Å². The van der Waals surface area contributed by atoms with Gasteiger partial charge < -0.3 is 4.74 Å². The lowest BCUT2D eigenvalue weighted by molar-refractivity contribution is -0.137. The molecular formula is C23H17F4N3OS. The van der Waals surface area contributed by atoms with Crippen LogP contribution in [0.2, 0.25) is 0 Å². The predicted octanol–water partition coefficient (Wildman–Crippen LogP) is 6.39. The van der Waals surface area contributed by atoms with E-state index in [-0.39, 0.29) is 11.3 Å². The maximum absolute atomic E-state index is 14.5. The molecule has 0 saturated carbocycles. The minimum Gasteiger partial charge on any atom is -0.497 e. The molecule has 0 N–H and O–H groups in total. The first-order valence-electron chi connectivity index (χ1n) is 9.50. The van der Waals surface area contributed by atoms with Crippen LogP contribution in [0, 0.1) is 5.82 Å². The first-order chi connectivity index (χ1) is 15.4. The molecule has 0 saturated heterocycles. The van der Waals surface area contributed by atoms with E-state index >= 15 is 0 Å². The van der Waals surface area contributed by atoms with Gasteiger partial charge in [0.15, 0.2) is 11.0 Å². The number of methoxy groups -OCH3 is 1. The van der Waals surface area contributed by atoms with Crippen LogP contribution in [0.5, 0.6) is 5.75 Å². The van der Waals surface area contributed by atoms with Crippen LogP contribution in [-0.2, 0) is 11.9 Å². The fraction of sp³-hybridized carbons (Fsp3) is 0.130. The van der Waals surface area contributed by atoms with Gasteiger partial charge in [-0.15, -0.1) is 10.2 Å². The number of benzene rings is 3. The normalized spacial score (nSPS) is 11.5. The zero-order valence-electron chi connectivity index (χ0n) is 16.8. The van der Waals surface area contributed by atoms with Crippen LogP contribution in [0.4, 0.5) is 17.6 Å². The van der Waals surface area contributed by atoms with Crippen LogP contribution in [0.1, 0.15) is 11.1 Å². The van der Waals surface area contributed by atoms with Gasteiger partial charge in [-0.3, -0.25) is 4.57 Å². The first-order valence-corrected chi connectivity index (χ1v) is 10.5. The quantitative estimate of drug-likeness (QED) is 0.247. The van der Waals surface area contributed by atoms with E-state index in [1.165, 1.54) is 23.9 Å².